The Morgan fingerprint density at radius 1 is 1.05 bits per heavy atom. The Balaban J connectivity index is 2.34. The average molecular weight is 276 g/mol. The molecule has 20 heavy (non-hydrogen) atoms. The lowest BCUT2D eigenvalue weighted by Crippen LogP contribution is -1.97. The van der Waals surface area contributed by atoms with Crippen molar-refractivity contribution in [1.29, 1.82) is 0 Å². The Bertz CT molecular complexity index is 671. The predicted octanol–water partition coefficient (Wildman–Crippen LogP) is 2.27. The van der Waals surface area contributed by atoms with E-state index in [0.717, 1.165) is 12.1 Å². The zero-order chi connectivity index (χ0) is 14.7. The van der Waals surface area contributed by atoms with E-state index in [1.807, 2.05) is 0 Å². The monoisotopic (exact) mass is 276 g/mol. The quantitative estimate of drug-likeness (QED) is 0.668. The van der Waals surface area contributed by atoms with Crippen LogP contribution in [0.15, 0.2) is 36.5 Å². The third-order valence-electron chi connectivity index (χ3n) is 2.32. The van der Waals surface area contributed by atoms with Crippen LogP contribution in [0.2, 0.25) is 0 Å². The second-order valence-electron chi connectivity index (χ2n) is 3.70. The van der Waals surface area contributed by atoms with Gasteiger partial charge < -0.3 is 10.5 Å². The number of ether oxygens (including phenoxy) is 1. The summed E-state index contributed by atoms with van der Waals surface area (Å²) in [7, 11) is 0. The fourth-order valence-corrected chi connectivity index (χ4v) is 1.44. The van der Waals surface area contributed by atoms with Gasteiger partial charge in [-0.1, -0.05) is 0 Å². The molecule has 9 nitrogen and oxygen atoms in total. The van der Waals surface area contributed by atoms with E-state index in [2.05, 4.69) is 4.98 Å². The fourth-order valence-electron chi connectivity index (χ4n) is 1.44. The number of nitro groups is 2. The van der Waals surface area contributed by atoms with Gasteiger partial charge in [-0.3, -0.25) is 20.2 Å². The minimum atomic E-state index is -0.846. The summed E-state index contributed by atoms with van der Waals surface area (Å²) in [5, 5.41) is 21.5. The molecule has 2 aromatic rings. The highest BCUT2D eigenvalue weighted by molar-refractivity contribution is 5.56. The van der Waals surface area contributed by atoms with E-state index in [1.54, 1.807) is 6.07 Å². The summed E-state index contributed by atoms with van der Waals surface area (Å²) in [5.74, 6) is 0.238. The number of hydrogen-bond donors (Lipinski definition) is 1. The molecule has 0 saturated carbocycles. The normalized spacial score (nSPS) is 10.0. The van der Waals surface area contributed by atoms with Crippen LogP contribution in [-0.4, -0.2) is 14.8 Å². The number of pyridine rings is 1. The van der Waals surface area contributed by atoms with Crippen molar-refractivity contribution in [2.24, 2.45) is 0 Å². The molecule has 0 fully saturated rings. The van der Waals surface area contributed by atoms with E-state index in [4.69, 9.17) is 10.5 Å². The molecule has 9 heteroatoms. The number of nitrogens with zero attached hydrogens (tertiary/aromatic N) is 3. The van der Waals surface area contributed by atoms with Gasteiger partial charge in [-0.2, -0.15) is 0 Å². The molecule has 0 radical (unpaired) electrons. The highest BCUT2D eigenvalue weighted by Gasteiger charge is 2.24. The van der Waals surface area contributed by atoms with E-state index in [-0.39, 0.29) is 11.6 Å². The smallest absolute Gasteiger partial charge is 0.349 e. The molecule has 0 atom stereocenters. The number of anilines is 1. The maximum Gasteiger partial charge on any atom is 0.349 e. The van der Waals surface area contributed by atoms with Gasteiger partial charge in [0.1, 0.15) is 5.75 Å². The molecule has 0 saturated heterocycles. The van der Waals surface area contributed by atoms with Crippen LogP contribution in [0.4, 0.5) is 17.1 Å². The van der Waals surface area contributed by atoms with Crippen molar-refractivity contribution in [3.63, 3.8) is 0 Å². The first-order valence-corrected chi connectivity index (χ1v) is 5.29. The predicted molar refractivity (Wildman–Crippen MR) is 68.5 cm³/mol. The number of nitrogens with two attached hydrogens (primary N) is 1. The first-order chi connectivity index (χ1) is 9.47. The first kappa shape index (κ1) is 13.2. The van der Waals surface area contributed by atoms with Crippen LogP contribution in [-0.2, 0) is 0 Å². The van der Waals surface area contributed by atoms with Crippen molar-refractivity contribution in [3.05, 3.63) is 56.8 Å². The van der Waals surface area contributed by atoms with Crippen LogP contribution in [0, 0.1) is 20.2 Å². The first-order valence-electron chi connectivity index (χ1n) is 5.29. The van der Waals surface area contributed by atoms with Crippen LogP contribution >= 0.6 is 0 Å². The van der Waals surface area contributed by atoms with Gasteiger partial charge in [-0.15, -0.1) is 0 Å². The van der Waals surface area contributed by atoms with E-state index in [0.29, 0.717) is 5.69 Å². The molecule has 1 heterocycles. The van der Waals surface area contributed by atoms with Crippen molar-refractivity contribution < 1.29 is 14.6 Å². The summed E-state index contributed by atoms with van der Waals surface area (Å²) in [6.07, 6.45) is 1.36. The maximum atomic E-state index is 10.8. The molecular weight excluding hydrogens is 268 g/mol. The van der Waals surface area contributed by atoms with Crippen LogP contribution < -0.4 is 10.5 Å². The van der Waals surface area contributed by atoms with Gasteiger partial charge in [0, 0.05) is 12.1 Å². The number of hydrogen-bond acceptors (Lipinski definition) is 7. The molecule has 2 N–H and O–H groups in total. The number of aromatic nitrogens is 1. The lowest BCUT2D eigenvalue weighted by Gasteiger charge is -2.04. The molecule has 0 bridgehead atoms. The summed E-state index contributed by atoms with van der Waals surface area (Å²) in [4.78, 5) is 23.6. The topological polar surface area (TPSA) is 134 Å². The number of benzene rings is 1. The Labute approximate surface area is 111 Å². The Morgan fingerprint density at radius 2 is 1.75 bits per heavy atom. The molecule has 0 aliphatic carbocycles. The molecule has 2 rings (SSSR count). The van der Waals surface area contributed by atoms with Gasteiger partial charge in [0.05, 0.1) is 27.8 Å². The number of nitro benzene ring substituents is 2. The molecule has 0 aliphatic heterocycles. The summed E-state index contributed by atoms with van der Waals surface area (Å²) < 4.78 is 5.27. The zero-order valence-corrected chi connectivity index (χ0v) is 9.92. The minimum Gasteiger partial charge on any atom is -0.439 e. The summed E-state index contributed by atoms with van der Waals surface area (Å²) in [6.45, 7) is 0. The molecule has 0 unspecified atom stereocenters. The average Bonchev–Trinajstić information content (AvgIpc) is 2.41. The standard InChI is InChI=1S/C11H8N4O5/c12-7-1-4-11(13-6-7)20-8-2-3-9(14(16)17)10(5-8)15(18)19/h1-6H,12H2. The second-order valence-corrected chi connectivity index (χ2v) is 3.70. The van der Waals surface area contributed by atoms with Gasteiger partial charge in [0.2, 0.25) is 5.88 Å². The van der Waals surface area contributed by atoms with Gasteiger partial charge in [0.25, 0.3) is 0 Å². The van der Waals surface area contributed by atoms with E-state index in [9.17, 15) is 20.2 Å². The molecule has 1 aromatic heterocycles. The van der Waals surface area contributed by atoms with Crippen LogP contribution in [0.3, 0.4) is 0 Å². The largest absolute Gasteiger partial charge is 0.439 e. The molecule has 0 amide bonds. The second kappa shape index (κ2) is 5.18. The lowest BCUT2D eigenvalue weighted by molar-refractivity contribution is -0.422. The molecule has 1 aromatic carbocycles. The Hall–Kier alpha value is -3.23. The third kappa shape index (κ3) is 2.77. The van der Waals surface area contributed by atoms with Gasteiger partial charge in [-0.25, -0.2) is 4.98 Å². The van der Waals surface area contributed by atoms with Crippen molar-refractivity contribution in [2.75, 3.05) is 5.73 Å². The Morgan fingerprint density at radius 3 is 2.30 bits per heavy atom. The summed E-state index contributed by atoms with van der Waals surface area (Å²) in [6, 6.07) is 6.24. The fraction of sp³-hybridized carbons (Fsp3) is 0. The highest BCUT2D eigenvalue weighted by Crippen LogP contribution is 2.32. The zero-order valence-electron chi connectivity index (χ0n) is 9.92. The van der Waals surface area contributed by atoms with Crippen molar-refractivity contribution in [1.82, 2.24) is 4.98 Å². The van der Waals surface area contributed by atoms with Crippen molar-refractivity contribution in [3.8, 4) is 11.6 Å². The SMILES string of the molecule is Nc1ccc(Oc2ccc([N+](=O)[O-])c([N+](=O)[O-])c2)nc1. The van der Waals surface area contributed by atoms with Gasteiger partial charge >= 0.3 is 11.4 Å². The molecule has 102 valence electrons. The van der Waals surface area contributed by atoms with Crippen LogP contribution in [0.1, 0.15) is 0 Å². The van der Waals surface area contributed by atoms with E-state index >= 15 is 0 Å². The molecule has 0 aliphatic rings. The summed E-state index contributed by atoms with van der Waals surface area (Å²) >= 11 is 0. The highest BCUT2D eigenvalue weighted by atomic mass is 16.6. The number of nitrogen functional groups attached to an aromatic ring is 1. The molecule has 0 spiro atoms. The van der Waals surface area contributed by atoms with E-state index < -0.39 is 21.2 Å². The van der Waals surface area contributed by atoms with Crippen molar-refractivity contribution >= 4 is 17.1 Å². The molecular formula is C11H8N4O5. The van der Waals surface area contributed by atoms with E-state index in [1.165, 1.54) is 18.3 Å². The summed E-state index contributed by atoms with van der Waals surface area (Å²) in [5.41, 5.74) is 4.64. The lowest BCUT2D eigenvalue weighted by atomic mass is 10.2. The Kier molecular flexibility index (Phi) is 3.42. The van der Waals surface area contributed by atoms with Gasteiger partial charge in [0.15, 0.2) is 0 Å². The minimum absolute atomic E-state index is 0.0690. The maximum absolute atomic E-state index is 10.8. The third-order valence-corrected chi connectivity index (χ3v) is 2.32. The van der Waals surface area contributed by atoms with Crippen LogP contribution in [0.25, 0.3) is 0 Å². The van der Waals surface area contributed by atoms with Gasteiger partial charge in [-0.05, 0) is 12.1 Å². The van der Waals surface area contributed by atoms with Crippen molar-refractivity contribution in [2.45, 2.75) is 0 Å². The number of rotatable bonds is 4. The van der Waals surface area contributed by atoms with Crippen LogP contribution in [0.5, 0.6) is 11.6 Å².